The molecule has 0 bridgehead atoms. The first-order valence-corrected chi connectivity index (χ1v) is 10.2. The Labute approximate surface area is 148 Å². The van der Waals surface area contributed by atoms with Crippen molar-refractivity contribution in [2.24, 2.45) is 5.92 Å². The second kappa shape index (κ2) is 10.4. The van der Waals surface area contributed by atoms with Crippen LogP contribution in [0.1, 0.15) is 71.1 Å². The fraction of sp³-hybridized carbons (Fsp3) is 0.950. The van der Waals surface area contributed by atoms with Crippen LogP contribution in [0.5, 0.6) is 0 Å². The average molecular weight is 341 g/mol. The first-order valence-electron chi connectivity index (χ1n) is 10.2. The highest BCUT2D eigenvalue weighted by Crippen LogP contribution is 2.36. The zero-order valence-corrected chi connectivity index (χ0v) is 15.9. The number of fused-ring (bicyclic) bond motifs is 1. The Hall–Kier alpha value is -0.610. The van der Waals surface area contributed by atoms with Crippen LogP contribution < -0.4 is 0 Å². The van der Waals surface area contributed by atoms with Gasteiger partial charge >= 0.3 is 5.97 Å². The summed E-state index contributed by atoms with van der Waals surface area (Å²) in [6, 6.07) is 0.738. The van der Waals surface area contributed by atoms with E-state index in [4.69, 9.17) is 9.47 Å². The summed E-state index contributed by atoms with van der Waals surface area (Å²) in [6.45, 7) is 6.25. The molecule has 0 N–H and O–H groups in total. The molecule has 0 saturated carbocycles. The van der Waals surface area contributed by atoms with Crippen molar-refractivity contribution in [3.63, 3.8) is 0 Å². The number of piperidine rings is 2. The van der Waals surface area contributed by atoms with Crippen molar-refractivity contribution < 1.29 is 18.8 Å². The summed E-state index contributed by atoms with van der Waals surface area (Å²) in [5.74, 6) is 0.424. The average Bonchev–Trinajstić information content (AvgIpc) is 2.57. The number of rotatable bonds is 10. The van der Waals surface area contributed by atoms with Crippen LogP contribution in [0.15, 0.2) is 0 Å². The molecule has 0 aliphatic carbocycles. The third kappa shape index (κ3) is 6.03. The summed E-state index contributed by atoms with van der Waals surface area (Å²) in [7, 11) is 2.42. The predicted octanol–water partition coefficient (Wildman–Crippen LogP) is 3.93. The van der Waals surface area contributed by atoms with Gasteiger partial charge in [0.2, 0.25) is 0 Å². The van der Waals surface area contributed by atoms with Gasteiger partial charge in [-0.05, 0) is 32.1 Å². The SMILES string of the molecule is CCCCCCCOC(=O)COC[C@@H]1CCC[N@@+]2(C)CCCC[C@@H]12. The maximum absolute atomic E-state index is 11.8. The van der Waals surface area contributed by atoms with Crippen molar-refractivity contribution in [2.75, 3.05) is 40.0 Å². The third-order valence-corrected chi connectivity index (χ3v) is 6.07. The number of nitrogens with zero attached hydrogens (tertiary/aromatic N) is 1. The van der Waals surface area contributed by atoms with Crippen molar-refractivity contribution in [3.8, 4) is 0 Å². The number of hydrogen-bond donors (Lipinski definition) is 0. The summed E-state index contributed by atoms with van der Waals surface area (Å²) in [5, 5.41) is 0. The van der Waals surface area contributed by atoms with Gasteiger partial charge in [0.15, 0.2) is 0 Å². The molecule has 2 aliphatic heterocycles. The second-order valence-corrected chi connectivity index (χ2v) is 8.04. The van der Waals surface area contributed by atoms with Crippen LogP contribution in [0, 0.1) is 5.92 Å². The van der Waals surface area contributed by atoms with Crippen molar-refractivity contribution >= 4 is 5.97 Å². The summed E-state index contributed by atoms with van der Waals surface area (Å²) >= 11 is 0. The van der Waals surface area contributed by atoms with E-state index in [2.05, 4.69) is 14.0 Å². The van der Waals surface area contributed by atoms with E-state index >= 15 is 0 Å². The molecule has 2 aliphatic rings. The molecule has 2 fully saturated rings. The zero-order chi connectivity index (χ0) is 17.3. The van der Waals surface area contributed by atoms with Crippen molar-refractivity contribution in [1.82, 2.24) is 0 Å². The number of unbranched alkanes of at least 4 members (excludes halogenated alkanes) is 4. The fourth-order valence-corrected chi connectivity index (χ4v) is 4.65. The molecule has 3 atom stereocenters. The summed E-state index contributed by atoms with van der Waals surface area (Å²) in [5.41, 5.74) is 0. The van der Waals surface area contributed by atoms with Crippen LogP contribution in [0.2, 0.25) is 0 Å². The minimum Gasteiger partial charge on any atom is -0.464 e. The third-order valence-electron chi connectivity index (χ3n) is 6.07. The molecule has 2 rings (SSSR count). The highest BCUT2D eigenvalue weighted by Gasteiger charge is 2.43. The summed E-state index contributed by atoms with van der Waals surface area (Å²) < 4.78 is 12.2. The van der Waals surface area contributed by atoms with Crippen LogP contribution >= 0.6 is 0 Å². The number of carbonyl (C=O) groups is 1. The van der Waals surface area contributed by atoms with Gasteiger partial charge in [-0.25, -0.2) is 4.79 Å². The smallest absolute Gasteiger partial charge is 0.332 e. The van der Waals surface area contributed by atoms with E-state index in [9.17, 15) is 4.79 Å². The lowest BCUT2D eigenvalue weighted by molar-refractivity contribution is -0.947. The molecule has 4 nitrogen and oxygen atoms in total. The van der Waals surface area contributed by atoms with E-state index in [1.54, 1.807) is 0 Å². The van der Waals surface area contributed by atoms with E-state index in [0.29, 0.717) is 12.5 Å². The lowest BCUT2D eigenvalue weighted by Gasteiger charge is -2.51. The van der Waals surface area contributed by atoms with Gasteiger partial charge in [0.05, 0.1) is 39.4 Å². The molecule has 2 saturated heterocycles. The molecule has 0 aromatic rings. The van der Waals surface area contributed by atoms with Crippen molar-refractivity contribution in [3.05, 3.63) is 0 Å². The normalized spacial score (nSPS) is 29.9. The van der Waals surface area contributed by atoms with Gasteiger partial charge in [-0.2, -0.15) is 0 Å². The summed E-state index contributed by atoms with van der Waals surface area (Å²) in [4.78, 5) is 11.8. The van der Waals surface area contributed by atoms with Gasteiger partial charge in [0.25, 0.3) is 0 Å². The Kier molecular flexibility index (Phi) is 8.54. The second-order valence-electron chi connectivity index (χ2n) is 8.04. The van der Waals surface area contributed by atoms with Gasteiger partial charge in [-0.3, -0.25) is 0 Å². The molecule has 0 aromatic heterocycles. The summed E-state index contributed by atoms with van der Waals surface area (Å²) in [6.07, 6.45) is 12.5. The van der Waals surface area contributed by atoms with Crippen LogP contribution in [0.25, 0.3) is 0 Å². The Morgan fingerprint density at radius 2 is 1.83 bits per heavy atom. The lowest BCUT2D eigenvalue weighted by Crippen LogP contribution is -2.61. The lowest BCUT2D eigenvalue weighted by atomic mass is 9.82. The van der Waals surface area contributed by atoms with Gasteiger partial charge in [-0.15, -0.1) is 0 Å². The highest BCUT2D eigenvalue weighted by atomic mass is 16.6. The number of carbonyl (C=O) groups excluding carboxylic acids is 1. The molecule has 0 radical (unpaired) electrons. The Bertz CT molecular complexity index is 370. The van der Waals surface area contributed by atoms with Gasteiger partial charge in [0.1, 0.15) is 6.61 Å². The maximum atomic E-state index is 11.8. The molecular weight excluding hydrogens is 302 g/mol. The van der Waals surface area contributed by atoms with E-state index < -0.39 is 0 Å². The van der Waals surface area contributed by atoms with Gasteiger partial charge in [0, 0.05) is 12.3 Å². The minimum atomic E-state index is -0.192. The number of esters is 1. The quantitative estimate of drug-likeness (QED) is 0.343. The van der Waals surface area contributed by atoms with Gasteiger partial charge in [-0.1, -0.05) is 32.6 Å². The van der Waals surface area contributed by atoms with E-state index in [1.807, 2.05) is 0 Å². The highest BCUT2D eigenvalue weighted by molar-refractivity contribution is 5.70. The van der Waals surface area contributed by atoms with Crippen LogP contribution in [-0.4, -0.2) is 56.5 Å². The first-order chi connectivity index (χ1) is 11.7. The van der Waals surface area contributed by atoms with Gasteiger partial charge < -0.3 is 14.0 Å². The number of quaternary nitrogens is 1. The van der Waals surface area contributed by atoms with Crippen molar-refractivity contribution in [2.45, 2.75) is 77.2 Å². The van der Waals surface area contributed by atoms with E-state index in [-0.39, 0.29) is 12.6 Å². The Balaban J connectivity index is 1.58. The first kappa shape index (κ1) is 19.7. The molecule has 0 aromatic carbocycles. The topological polar surface area (TPSA) is 35.5 Å². The molecule has 4 heteroatoms. The van der Waals surface area contributed by atoms with E-state index in [1.165, 1.54) is 68.9 Å². The minimum absolute atomic E-state index is 0.127. The molecule has 140 valence electrons. The standard InChI is InChI=1S/C20H38NO3/c1-3-4-5-6-9-15-24-20(22)17-23-16-18-11-10-14-21(2)13-8-7-12-19(18)21/h18-19H,3-17H2,1-2H3/q+1/t18-,19-,21+/m0/s1. The monoisotopic (exact) mass is 340 g/mol. The van der Waals surface area contributed by atoms with Crippen molar-refractivity contribution in [1.29, 1.82) is 0 Å². The Morgan fingerprint density at radius 1 is 1.04 bits per heavy atom. The van der Waals surface area contributed by atoms with E-state index in [0.717, 1.165) is 25.5 Å². The predicted molar refractivity (Wildman–Crippen MR) is 96.8 cm³/mol. The fourth-order valence-electron chi connectivity index (χ4n) is 4.65. The molecule has 24 heavy (non-hydrogen) atoms. The molecule has 2 heterocycles. The zero-order valence-electron chi connectivity index (χ0n) is 15.9. The van der Waals surface area contributed by atoms with Crippen LogP contribution in [-0.2, 0) is 14.3 Å². The van der Waals surface area contributed by atoms with Crippen LogP contribution in [0.3, 0.4) is 0 Å². The molecular formula is C20H38NO3+. The molecule has 0 unspecified atom stereocenters. The molecule has 0 spiro atoms. The van der Waals surface area contributed by atoms with Crippen LogP contribution in [0.4, 0.5) is 0 Å². The number of ether oxygens (including phenoxy) is 2. The largest absolute Gasteiger partial charge is 0.464 e. The Morgan fingerprint density at radius 3 is 2.67 bits per heavy atom. The number of hydrogen-bond acceptors (Lipinski definition) is 3. The maximum Gasteiger partial charge on any atom is 0.332 e. The molecule has 0 amide bonds.